The van der Waals surface area contributed by atoms with E-state index in [0.717, 1.165) is 17.0 Å². The molecule has 6 heteroatoms. The highest BCUT2D eigenvalue weighted by atomic mass is 16.2. The number of aromatic nitrogens is 3. The Morgan fingerprint density at radius 2 is 2.00 bits per heavy atom. The molecule has 6 nitrogen and oxygen atoms in total. The SMILES string of the molecule is Cc1nn(C)c(C)c1[C@H](C)C(=O)Nc1cc(C#N)cn1C(C)(C)C. The van der Waals surface area contributed by atoms with Crippen molar-refractivity contribution in [1.29, 1.82) is 5.26 Å². The molecular weight excluding hydrogens is 302 g/mol. The van der Waals surface area contributed by atoms with Gasteiger partial charge in [-0.3, -0.25) is 9.48 Å². The van der Waals surface area contributed by atoms with Crippen molar-refractivity contribution in [3.05, 3.63) is 34.8 Å². The highest BCUT2D eigenvalue weighted by Gasteiger charge is 2.25. The molecule has 0 aromatic carbocycles. The summed E-state index contributed by atoms with van der Waals surface area (Å²) in [4.78, 5) is 12.8. The van der Waals surface area contributed by atoms with Crippen LogP contribution in [0, 0.1) is 25.2 Å². The summed E-state index contributed by atoms with van der Waals surface area (Å²) in [5.41, 5.74) is 3.09. The first-order valence-corrected chi connectivity index (χ1v) is 8.00. The fraction of sp³-hybridized carbons (Fsp3) is 0.500. The number of amides is 1. The number of carbonyl (C=O) groups excluding carboxylic acids is 1. The Morgan fingerprint density at radius 1 is 1.38 bits per heavy atom. The summed E-state index contributed by atoms with van der Waals surface area (Å²) in [6, 6.07) is 3.84. The maximum absolute atomic E-state index is 12.8. The number of carbonyl (C=O) groups is 1. The summed E-state index contributed by atoms with van der Waals surface area (Å²) in [5.74, 6) is 0.199. The van der Waals surface area contributed by atoms with Crippen LogP contribution in [0.15, 0.2) is 12.3 Å². The van der Waals surface area contributed by atoms with Crippen LogP contribution >= 0.6 is 0 Å². The lowest BCUT2D eigenvalue weighted by molar-refractivity contribution is -0.117. The summed E-state index contributed by atoms with van der Waals surface area (Å²) < 4.78 is 3.71. The molecule has 128 valence electrons. The lowest BCUT2D eigenvalue weighted by Gasteiger charge is -2.25. The Bertz CT molecular complexity index is 814. The predicted octanol–water partition coefficient (Wildman–Crippen LogP) is 3.21. The van der Waals surface area contributed by atoms with Gasteiger partial charge in [0.05, 0.1) is 17.2 Å². The van der Waals surface area contributed by atoms with Crippen molar-refractivity contribution in [3.63, 3.8) is 0 Å². The van der Waals surface area contributed by atoms with Crippen molar-refractivity contribution in [2.45, 2.75) is 53.0 Å². The minimum absolute atomic E-state index is 0.109. The van der Waals surface area contributed by atoms with Gasteiger partial charge in [0.15, 0.2) is 0 Å². The Hall–Kier alpha value is -2.55. The molecule has 0 aliphatic heterocycles. The zero-order valence-corrected chi connectivity index (χ0v) is 15.4. The number of rotatable bonds is 3. The predicted molar refractivity (Wildman–Crippen MR) is 93.9 cm³/mol. The van der Waals surface area contributed by atoms with Gasteiger partial charge in [-0.2, -0.15) is 10.4 Å². The number of hydrogen-bond acceptors (Lipinski definition) is 3. The lowest BCUT2D eigenvalue weighted by atomic mass is 9.98. The molecule has 1 N–H and O–H groups in total. The molecule has 0 spiro atoms. The first-order valence-electron chi connectivity index (χ1n) is 8.00. The minimum atomic E-state index is -0.326. The van der Waals surface area contributed by atoms with Crippen LogP contribution in [0.4, 0.5) is 5.82 Å². The third-order valence-corrected chi connectivity index (χ3v) is 4.31. The maximum Gasteiger partial charge on any atom is 0.232 e. The van der Waals surface area contributed by atoms with E-state index in [0.29, 0.717) is 11.4 Å². The lowest BCUT2D eigenvalue weighted by Crippen LogP contribution is -2.27. The quantitative estimate of drug-likeness (QED) is 0.940. The second-order valence-electron chi connectivity index (χ2n) is 7.19. The maximum atomic E-state index is 12.8. The molecule has 0 unspecified atom stereocenters. The van der Waals surface area contributed by atoms with Crippen LogP contribution in [0.3, 0.4) is 0 Å². The van der Waals surface area contributed by atoms with Crippen LogP contribution in [0.2, 0.25) is 0 Å². The van der Waals surface area contributed by atoms with E-state index in [1.807, 2.05) is 53.2 Å². The average molecular weight is 327 g/mol. The second-order valence-corrected chi connectivity index (χ2v) is 7.19. The fourth-order valence-electron chi connectivity index (χ4n) is 2.96. The van der Waals surface area contributed by atoms with Crippen LogP contribution in [0.5, 0.6) is 0 Å². The molecule has 24 heavy (non-hydrogen) atoms. The van der Waals surface area contributed by atoms with Crippen molar-refractivity contribution in [2.75, 3.05) is 5.32 Å². The highest BCUT2D eigenvalue weighted by Crippen LogP contribution is 2.27. The molecule has 0 fully saturated rings. The van der Waals surface area contributed by atoms with Crippen LogP contribution in [0.1, 0.15) is 56.1 Å². The normalized spacial score (nSPS) is 12.8. The molecule has 2 rings (SSSR count). The van der Waals surface area contributed by atoms with Gasteiger partial charge in [-0.25, -0.2) is 0 Å². The van der Waals surface area contributed by atoms with Gasteiger partial charge < -0.3 is 9.88 Å². The van der Waals surface area contributed by atoms with E-state index in [2.05, 4.69) is 16.5 Å². The number of nitriles is 1. The summed E-state index contributed by atoms with van der Waals surface area (Å²) >= 11 is 0. The van der Waals surface area contributed by atoms with Crippen LogP contribution in [0.25, 0.3) is 0 Å². The topological polar surface area (TPSA) is 75.6 Å². The van der Waals surface area contributed by atoms with Crippen molar-refractivity contribution in [2.24, 2.45) is 7.05 Å². The Morgan fingerprint density at radius 3 is 2.46 bits per heavy atom. The minimum Gasteiger partial charge on any atom is -0.328 e. The van der Waals surface area contributed by atoms with Crippen molar-refractivity contribution < 1.29 is 4.79 Å². The van der Waals surface area contributed by atoms with Crippen molar-refractivity contribution in [3.8, 4) is 6.07 Å². The summed E-state index contributed by atoms with van der Waals surface area (Å²) in [6.07, 6.45) is 1.76. The Balaban J connectivity index is 2.33. The molecule has 2 aromatic rings. The van der Waals surface area contributed by atoms with E-state index in [1.165, 1.54) is 0 Å². The molecular formula is C18H25N5O. The van der Waals surface area contributed by atoms with E-state index < -0.39 is 0 Å². The van der Waals surface area contributed by atoms with Gasteiger partial charge in [0.2, 0.25) is 5.91 Å². The van der Waals surface area contributed by atoms with Gasteiger partial charge in [-0.05, 0) is 47.6 Å². The number of aryl methyl sites for hydroxylation is 2. The highest BCUT2D eigenvalue weighted by molar-refractivity contribution is 5.95. The third kappa shape index (κ3) is 3.21. The van der Waals surface area contributed by atoms with E-state index in [-0.39, 0.29) is 17.4 Å². The second kappa shape index (κ2) is 6.16. The van der Waals surface area contributed by atoms with E-state index in [1.54, 1.807) is 16.9 Å². The summed E-state index contributed by atoms with van der Waals surface area (Å²) in [5, 5.41) is 16.5. The molecule has 0 saturated carbocycles. The smallest absolute Gasteiger partial charge is 0.232 e. The zero-order valence-electron chi connectivity index (χ0n) is 15.4. The van der Waals surface area contributed by atoms with Crippen molar-refractivity contribution in [1.82, 2.24) is 14.3 Å². The molecule has 2 heterocycles. The summed E-state index contributed by atoms with van der Waals surface area (Å²) in [6.45, 7) is 11.8. The summed E-state index contributed by atoms with van der Waals surface area (Å²) in [7, 11) is 1.88. The van der Waals surface area contributed by atoms with Gasteiger partial charge in [-0.1, -0.05) is 0 Å². The van der Waals surface area contributed by atoms with Gasteiger partial charge in [0.1, 0.15) is 11.9 Å². The molecule has 0 aliphatic rings. The van der Waals surface area contributed by atoms with Gasteiger partial charge >= 0.3 is 0 Å². The van der Waals surface area contributed by atoms with Crippen molar-refractivity contribution >= 4 is 11.7 Å². The van der Waals surface area contributed by atoms with E-state index >= 15 is 0 Å². The van der Waals surface area contributed by atoms with Gasteiger partial charge in [0.25, 0.3) is 0 Å². The number of anilines is 1. The first-order chi connectivity index (χ1) is 11.1. The van der Waals surface area contributed by atoms with E-state index in [9.17, 15) is 4.79 Å². The molecule has 0 saturated heterocycles. The van der Waals surface area contributed by atoms with Gasteiger partial charge in [0, 0.05) is 30.0 Å². The molecule has 1 atom stereocenters. The third-order valence-electron chi connectivity index (χ3n) is 4.31. The molecule has 0 aliphatic carbocycles. The average Bonchev–Trinajstić information content (AvgIpc) is 2.99. The molecule has 0 radical (unpaired) electrons. The Labute approximate surface area is 143 Å². The first kappa shape index (κ1) is 17.8. The van der Waals surface area contributed by atoms with Gasteiger partial charge in [-0.15, -0.1) is 0 Å². The zero-order chi connectivity index (χ0) is 18.2. The van der Waals surface area contributed by atoms with Crippen LogP contribution in [-0.4, -0.2) is 20.3 Å². The number of nitrogens with one attached hydrogen (secondary N) is 1. The molecule has 0 bridgehead atoms. The molecule has 2 aromatic heterocycles. The van der Waals surface area contributed by atoms with Crippen LogP contribution < -0.4 is 5.32 Å². The standard InChI is InChI=1S/C18H25N5O/c1-11(16-12(2)21-22(7)13(16)3)17(24)20-15-8-14(9-19)10-23(15)18(4,5)6/h8,10-11H,1-7H3,(H,20,24)/t11-/m0/s1. The number of nitrogens with zero attached hydrogens (tertiary/aromatic N) is 4. The Kier molecular flexibility index (Phi) is 4.57. The monoisotopic (exact) mass is 327 g/mol. The largest absolute Gasteiger partial charge is 0.328 e. The number of hydrogen-bond donors (Lipinski definition) is 1. The van der Waals surface area contributed by atoms with Crippen LogP contribution in [-0.2, 0) is 17.4 Å². The molecule has 1 amide bonds. The van der Waals surface area contributed by atoms with E-state index in [4.69, 9.17) is 5.26 Å². The fourth-order valence-corrected chi connectivity index (χ4v) is 2.96.